The normalized spacial score (nSPS) is 11.2. The SMILES string of the molecule is CCC(CC)CNc1cc(Cl)nc(N(CC)C(C)C)n1. The van der Waals surface area contributed by atoms with E-state index in [4.69, 9.17) is 11.6 Å². The molecule has 0 saturated carbocycles. The Hall–Kier alpha value is -1.03. The maximum Gasteiger partial charge on any atom is 0.228 e. The van der Waals surface area contributed by atoms with Crippen molar-refractivity contribution in [3.8, 4) is 0 Å². The maximum absolute atomic E-state index is 6.12. The lowest BCUT2D eigenvalue weighted by Crippen LogP contribution is -2.32. The van der Waals surface area contributed by atoms with Gasteiger partial charge in [0, 0.05) is 25.2 Å². The highest BCUT2D eigenvalue weighted by atomic mass is 35.5. The fourth-order valence-corrected chi connectivity index (χ4v) is 2.37. The third-order valence-electron chi connectivity index (χ3n) is 3.63. The second kappa shape index (κ2) is 8.30. The molecular weight excluding hydrogens is 272 g/mol. The van der Waals surface area contributed by atoms with Crippen molar-refractivity contribution in [2.75, 3.05) is 23.3 Å². The molecule has 0 unspecified atom stereocenters. The molecule has 0 aliphatic carbocycles. The van der Waals surface area contributed by atoms with Crippen LogP contribution in [0.2, 0.25) is 5.15 Å². The Balaban J connectivity index is 2.85. The first-order valence-corrected chi connectivity index (χ1v) is 7.94. The standard InChI is InChI=1S/C15H27ClN4/c1-6-12(7-2)10-17-14-9-13(16)18-15(19-14)20(8-3)11(4)5/h9,11-12H,6-8,10H2,1-5H3,(H,17,18,19). The number of nitrogens with zero attached hydrogens (tertiary/aromatic N) is 3. The van der Waals surface area contributed by atoms with Crippen LogP contribution in [-0.4, -0.2) is 29.1 Å². The van der Waals surface area contributed by atoms with Gasteiger partial charge in [0.25, 0.3) is 0 Å². The van der Waals surface area contributed by atoms with E-state index in [0.717, 1.165) is 18.9 Å². The van der Waals surface area contributed by atoms with E-state index in [-0.39, 0.29) is 0 Å². The minimum Gasteiger partial charge on any atom is -0.370 e. The van der Waals surface area contributed by atoms with Crippen LogP contribution in [0, 0.1) is 5.92 Å². The smallest absolute Gasteiger partial charge is 0.228 e. The summed E-state index contributed by atoms with van der Waals surface area (Å²) >= 11 is 6.12. The van der Waals surface area contributed by atoms with Crippen LogP contribution in [0.5, 0.6) is 0 Å². The summed E-state index contributed by atoms with van der Waals surface area (Å²) in [7, 11) is 0. The van der Waals surface area contributed by atoms with Crippen molar-refractivity contribution in [2.45, 2.75) is 53.5 Å². The summed E-state index contributed by atoms with van der Waals surface area (Å²) in [5.74, 6) is 2.17. The lowest BCUT2D eigenvalue weighted by molar-refractivity contribution is 0.518. The molecule has 1 rings (SSSR count). The van der Waals surface area contributed by atoms with Gasteiger partial charge in [-0.05, 0) is 26.7 Å². The van der Waals surface area contributed by atoms with Crippen LogP contribution in [0.25, 0.3) is 0 Å². The van der Waals surface area contributed by atoms with E-state index in [9.17, 15) is 0 Å². The van der Waals surface area contributed by atoms with Gasteiger partial charge in [0.1, 0.15) is 11.0 Å². The second-order valence-electron chi connectivity index (χ2n) is 5.32. The Morgan fingerprint density at radius 1 is 1.20 bits per heavy atom. The average molecular weight is 299 g/mol. The number of hydrogen-bond acceptors (Lipinski definition) is 4. The van der Waals surface area contributed by atoms with Crippen LogP contribution < -0.4 is 10.2 Å². The summed E-state index contributed by atoms with van der Waals surface area (Å²) in [5.41, 5.74) is 0. The first-order chi connectivity index (χ1) is 9.51. The molecule has 0 saturated heterocycles. The minimum atomic E-state index is 0.352. The van der Waals surface area contributed by atoms with E-state index < -0.39 is 0 Å². The minimum absolute atomic E-state index is 0.352. The van der Waals surface area contributed by atoms with Gasteiger partial charge in [0.15, 0.2) is 0 Å². The van der Waals surface area contributed by atoms with E-state index in [1.54, 1.807) is 6.07 Å². The number of nitrogens with one attached hydrogen (secondary N) is 1. The van der Waals surface area contributed by atoms with Gasteiger partial charge in [0.05, 0.1) is 0 Å². The molecule has 4 nitrogen and oxygen atoms in total. The molecule has 5 heteroatoms. The van der Waals surface area contributed by atoms with Crippen molar-refractivity contribution in [1.29, 1.82) is 0 Å². The van der Waals surface area contributed by atoms with Crippen LogP contribution in [-0.2, 0) is 0 Å². The summed E-state index contributed by atoms with van der Waals surface area (Å²) < 4.78 is 0. The Morgan fingerprint density at radius 3 is 2.35 bits per heavy atom. The van der Waals surface area contributed by atoms with Crippen LogP contribution in [0.1, 0.15) is 47.5 Å². The van der Waals surface area contributed by atoms with E-state index in [2.05, 4.69) is 54.8 Å². The van der Waals surface area contributed by atoms with Crippen LogP contribution >= 0.6 is 11.6 Å². The largest absolute Gasteiger partial charge is 0.370 e. The van der Waals surface area contributed by atoms with Crippen LogP contribution in [0.3, 0.4) is 0 Å². The van der Waals surface area contributed by atoms with Crippen molar-refractivity contribution >= 4 is 23.4 Å². The quantitative estimate of drug-likeness (QED) is 0.730. The van der Waals surface area contributed by atoms with Gasteiger partial charge in [-0.1, -0.05) is 38.3 Å². The van der Waals surface area contributed by atoms with E-state index >= 15 is 0 Å². The van der Waals surface area contributed by atoms with E-state index in [1.165, 1.54) is 12.8 Å². The van der Waals surface area contributed by atoms with Gasteiger partial charge in [0.2, 0.25) is 5.95 Å². The fraction of sp³-hybridized carbons (Fsp3) is 0.733. The second-order valence-corrected chi connectivity index (χ2v) is 5.71. The molecule has 0 fully saturated rings. The van der Waals surface area contributed by atoms with Gasteiger partial charge in [-0.15, -0.1) is 0 Å². The third-order valence-corrected chi connectivity index (χ3v) is 3.82. The average Bonchev–Trinajstić information content (AvgIpc) is 2.39. The zero-order valence-corrected chi connectivity index (χ0v) is 14.0. The molecule has 0 aliphatic rings. The molecule has 0 aromatic carbocycles. The summed E-state index contributed by atoms with van der Waals surface area (Å²) in [6.45, 7) is 12.6. The molecule has 114 valence electrons. The highest BCUT2D eigenvalue weighted by molar-refractivity contribution is 6.29. The molecule has 0 aliphatic heterocycles. The molecule has 1 aromatic rings. The Morgan fingerprint density at radius 2 is 1.85 bits per heavy atom. The Bertz CT molecular complexity index is 405. The van der Waals surface area contributed by atoms with Crippen molar-refractivity contribution in [1.82, 2.24) is 9.97 Å². The molecule has 0 bridgehead atoms. The fourth-order valence-electron chi connectivity index (χ4n) is 2.19. The van der Waals surface area contributed by atoms with Gasteiger partial charge in [-0.25, -0.2) is 4.98 Å². The van der Waals surface area contributed by atoms with Gasteiger partial charge in [-0.3, -0.25) is 0 Å². The monoisotopic (exact) mass is 298 g/mol. The van der Waals surface area contributed by atoms with Gasteiger partial charge in [-0.2, -0.15) is 4.98 Å². The summed E-state index contributed by atoms with van der Waals surface area (Å²) in [5, 5.41) is 3.87. The molecule has 1 aromatic heterocycles. The molecule has 0 atom stereocenters. The van der Waals surface area contributed by atoms with E-state index in [0.29, 0.717) is 23.1 Å². The molecule has 0 amide bonds. The number of halogens is 1. The van der Waals surface area contributed by atoms with Gasteiger partial charge >= 0.3 is 0 Å². The van der Waals surface area contributed by atoms with E-state index in [1.807, 2.05) is 0 Å². The molecule has 1 N–H and O–H groups in total. The molecule has 1 heterocycles. The van der Waals surface area contributed by atoms with Crippen LogP contribution in [0.15, 0.2) is 6.07 Å². The number of rotatable bonds is 8. The van der Waals surface area contributed by atoms with Crippen molar-refractivity contribution < 1.29 is 0 Å². The highest BCUT2D eigenvalue weighted by Gasteiger charge is 2.13. The van der Waals surface area contributed by atoms with Crippen LogP contribution in [0.4, 0.5) is 11.8 Å². The predicted molar refractivity (Wildman–Crippen MR) is 87.8 cm³/mol. The summed E-state index contributed by atoms with van der Waals surface area (Å²) in [4.78, 5) is 11.1. The van der Waals surface area contributed by atoms with Crippen molar-refractivity contribution in [3.63, 3.8) is 0 Å². The topological polar surface area (TPSA) is 41.1 Å². The maximum atomic E-state index is 6.12. The highest BCUT2D eigenvalue weighted by Crippen LogP contribution is 2.19. The Labute approximate surface area is 127 Å². The molecule has 20 heavy (non-hydrogen) atoms. The zero-order chi connectivity index (χ0) is 15.1. The number of aromatic nitrogens is 2. The number of hydrogen-bond donors (Lipinski definition) is 1. The zero-order valence-electron chi connectivity index (χ0n) is 13.3. The van der Waals surface area contributed by atoms with Gasteiger partial charge < -0.3 is 10.2 Å². The Kier molecular flexibility index (Phi) is 7.06. The van der Waals surface area contributed by atoms with Crippen molar-refractivity contribution in [2.24, 2.45) is 5.92 Å². The molecule has 0 spiro atoms. The molecule has 0 radical (unpaired) electrons. The molecular formula is C15H27ClN4. The first kappa shape index (κ1) is 17.0. The lowest BCUT2D eigenvalue weighted by atomic mass is 10.0. The third kappa shape index (κ3) is 4.82. The summed E-state index contributed by atoms with van der Waals surface area (Å²) in [6, 6.07) is 2.15. The number of anilines is 2. The summed E-state index contributed by atoms with van der Waals surface area (Å²) in [6.07, 6.45) is 2.34. The predicted octanol–water partition coefficient (Wildman–Crippen LogP) is 4.21. The lowest BCUT2D eigenvalue weighted by Gasteiger charge is -2.25. The first-order valence-electron chi connectivity index (χ1n) is 7.56. The van der Waals surface area contributed by atoms with Crippen molar-refractivity contribution in [3.05, 3.63) is 11.2 Å².